The van der Waals surface area contributed by atoms with Gasteiger partial charge in [0.15, 0.2) is 17.5 Å². The Morgan fingerprint density at radius 1 is 0.328 bits per heavy atom. The van der Waals surface area contributed by atoms with E-state index in [1.54, 1.807) is 0 Å². The number of nitriles is 1. The molecule has 58 heavy (non-hydrogen) atoms. The fourth-order valence-corrected chi connectivity index (χ4v) is 8.66. The molecule has 0 fully saturated rings. The first-order valence-corrected chi connectivity index (χ1v) is 19.4. The molecular weight excluding hydrogens is 705 g/mol. The van der Waals surface area contributed by atoms with Gasteiger partial charge in [0, 0.05) is 16.7 Å². The van der Waals surface area contributed by atoms with Crippen molar-refractivity contribution in [3.63, 3.8) is 0 Å². The van der Waals surface area contributed by atoms with E-state index in [2.05, 4.69) is 133 Å². The van der Waals surface area contributed by atoms with E-state index in [4.69, 9.17) is 15.0 Å². The number of hydrogen-bond acceptors (Lipinski definition) is 4. The molecule has 0 bridgehead atoms. The lowest BCUT2D eigenvalue weighted by Crippen LogP contribution is -2.00. The summed E-state index contributed by atoms with van der Waals surface area (Å²) in [5.74, 6) is 1.80. The van der Waals surface area contributed by atoms with Gasteiger partial charge in [0.2, 0.25) is 0 Å². The van der Waals surface area contributed by atoms with Crippen molar-refractivity contribution in [3.05, 3.63) is 200 Å². The predicted octanol–water partition coefficient (Wildman–Crippen LogP) is 13.7. The molecule has 1 heterocycles. The quantitative estimate of drug-likeness (QED) is 0.170. The summed E-state index contributed by atoms with van der Waals surface area (Å²) in [5, 5.41) is 14.3. The van der Waals surface area contributed by atoms with E-state index in [9.17, 15) is 5.26 Å². The second kappa shape index (κ2) is 13.6. The molecule has 268 valence electrons. The van der Waals surface area contributed by atoms with Crippen molar-refractivity contribution in [1.82, 2.24) is 15.0 Å². The monoisotopic (exact) mass is 736 g/mol. The highest BCUT2D eigenvalue weighted by molar-refractivity contribution is 6.27. The number of fused-ring (bicyclic) bond motifs is 4. The molecule has 0 saturated carbocycles. The molecule has 0 aliphatic heterocycles. The van der Waals surface area contributed by atoms with Crippen LogP contribution in [0.3, 0.4) is 0 Å². The maximum atomic E-state index is 9.48. The first-order valence-electron chi connectivity index (χ1n) is 19.4. The van der Waals surface area contributed by atoms with Crippen molar-refractivity contribution in [2.45, 2.75) is 0 Å². The molecule has 0 atom stereocenters. The Labute approximate surface area is 336 Å². The molecule has 1 aliphatic rings. The Morgan fingerprint density at radius 2 is 0.793 bits per heavy atom. The van der Waals surface area contributed by atoms with Gasteiger partial charge in [0.05, 0.1) is 11.6 Å². The number of benzene rings is 9. The second-order valence-corrected chi connectivity index (χ2v) is 14.6. The standard InChI is InChI=1S/C54H32N4/c55-33-34-13-10-22-41(31-34)35-25-27-40(28-26-35)53-56-52(39-18-8-3-9-19-39)57-54(58-53)42-29-30-43-46(32-42)49(38-16-6-2-7-17-38)51-45-24-12-21-36-20-11-23-44(47(36)45)50(51)48(43)37-14-4-1-5-15-37/h1-32H. The molecule has 0 radical (unpaired) electrons. The van der Waals surface area contributed by atoms with Crippen LogP contribution in [0.4, 0.5) is 0 Å². The van der Waals surface area contributed by atoms with E-state index >= 15 is 0 Å². The van der Waals surface area contributed by atoms with Crippen LogP contribution in [0.25, 0.3) is 111 Å². The topological polar surface area (TPSA) is 62.5 Å². The van der Waals surface area contributed by atoms with Crippen LogP contribution in [-0.2, 0) is 0 Å². The minimum absolute atomic E-state index is 0.589. The molecule has 0 N–H and O–H groups in total. The molecule has 4 nitrogen and oxygen atoms in total. The van der Waals surface area contributed by atoms with Crippen molar-refractivity contribution >= 4 is 21.5 Å². The largest absolute Gasteiger partial charge is 0.208 e. The molecule has 0 unspecified atom stereocenters. The number of rotatable bonds is 6. The lowest BCUT2D eigenvalue weighted by Gasteiger charge is -2.21. The van der Waals surface area contributed by atoms with Crippen molar-refractivity contribution in [3.8, 4) is 95.9 Å². The maximum absolute atomic E-state index is 9.48. The van der Waals surface area contributed by atoms with E-state index in [0.717, 1.165) is 38.8 Å². The summed E-state index contributed by atoms with van der Waals surface area (Å²) in [5.41, 5.74) is 15.1. The van der Waals surface area contributed by atoms with Crippen molar-refractivity contribution in [1.29, 1.82) is 5.26 Å². The third kappa shape index (κ3) is 5.49. The van der Waals surface area contributed by atoms with Gasteiger partial charge < -0.3 is 0 Å². The van der Waals surface area contributed by atoms with Gasteiger partial charge in [0.1, 0.15) is 0 Å². The van der Waals surface area contributed by atoms with Gasteiger partial charge in [-0.3, -0.25) is 0 Å². The Balaban J connectivity index is 1.17. The van der Waals surface area contributed by atoms with Crippen molar-refractivity contribution in [2.24, 2.45) is 0 Å². The first kappa shape index (κ1) is 33.3. The Bertz CT molecular complexity index is 3250. The van der Waals surface area contributed by atoms with Crippen molar-refractivity contribution < 1.29 is 0 Å². The fourth-order valence-electron chi connectivity index (χ4n) is 8.66. The molecule has 0 amide bonds. The summed E-state index contributed by atoms with van der Waals surface area (Å²) in [7, 11) is 0. The van der Waals surface area contributed by atoms with Crippen LogP contribution in [0.15, 0.2) is 194 Å². The van der Waals surface area contributed by atoms with Crippen LogP contribution in [0.2, 0.25) is 0 Å². The summed E-state index contributed by atoms with van der Waals surface area (Å²) in [6.07, 6.45) is 0. The van der Waals surface area contributed by atoms with Gasteiger partial charge in [-0.2, -0.15) is 5.26 Å². The molecule has 0 saturated heterocycles. The minimum Gasteiger partial charge on any atom is -0.208 e. The van der Waals surface area contributed by atoms with Crippen LogP contribution in [-0.4, -0.2) is 15.0 Å². The molecule has 10 aromatic rings. The third-order valence-corrected chi connectivity index (χ3v) is 11.3. The summed E-state index contributed by atoms with van der Waals surface area (Å²) in [6, 6.07) is 69.9. The van der Waals surface area contributed by atoms with E-state index < -0.39 is 0 Å². The molecule has 4 heteroatoms. The Kier molecular flexibility index (Phi) is 7.84. The molecule has 11 rings (SSSR count). The highest BCUT2D eigenvalue weighted by atomic mass is 15.0. The highest BCUT2D eigenvalue weighted by Gasteiger charge is 2.30. The Morgan fingerprint density at radius 3 is 1.38 bits per heavy atom. The van der Waals surface area contributed by atoms with Gasteiger partial charge in [-0.1, -0.05) is 176 Å². The molecule has 1 aromatic heterocycles. The van der Waals surface area contributed by atoms with Crippen LogP contribution in [0.1, 0.15) is 5.56 Å². The zero-order valence-electron chi connectivity index (χ0n) is 31.3. The van der Waals surface area contributed by atoms with Gasteiger partial charge in [-0.05, 0) is 95.4 Å². The molecule has 9 aromatic carbocycles. The zero-order valence-corrected chi connectivity index (χ0v) is 31.3. The minimum atomic E-state index is 0.589. The van der Waals surface area contributed by atoms with Gasteiger partial charge in [0.25, 0.3) is 0 Å². The lowest BCUT2D eigenvalue weighted by atomic mass is 9.82. The maximum Gasteiger partial charge on any atom is 0.164 e. The third-order valence-electron chi connectivity index (χ3n) is 11.3. The van der Waals surface area contributed by atoms with E-state index in [1.807, 2.05) is 66.7 Å². The van der Waals surface area contributed by atoms with Crippen LogP contribution >= 0.6 is 0 Å². The average Bonchev–Trinajstić information content (AvgIpc) is 3.63. The van der Waals surface area contributed by atoms with Gasteiger partial charge in [-0.15, -0.1) is 0 Å². The normalized spacial score (nSPS) is 11.4. The molecule has 0 spiro atoms. The zero-order chi connectivity index (χ0) is 38.6. The summed E-state index contributed by atoms with van der Waals surface area (Å²) >= 11 is 0. The average molecular weight is 737 g/mol. The van der Waals surface area contributed by atoms with Crippen LogP contribution in [0, 0.1) is 11.3 Å². The summed E-state index contributed by atoms with van der Waals surface area (Å²) in [4.78, 5) is 15.4. The highest BCUT2D eigenvalue weighted by Crippen LogP contribution is 2.57. The van der Waals surface area contributed by atoms with Crippen LogP contribution in [0.5, 0.6) is 0 Å². The van der Waals surface area contributed by atoms with E-state index in [1.165, 1.54) is 55.1 Å². The van der Waals surface area contributed by atoms with E-state index in [-0.39, 0.29) is 0 Å². The smallest absolute Gasteiger partial charge is 0.164 e. The number of nitrogens with zero attached hydrogens (tertiary/aromatic N) is 4. The number of hydrogen-bond donors (Lipinski definition) is 0. The summed E-state index contributed by atoms with van der Waals surface area (Å²) in [6.45, 7) is 0. The van der Waals surface area contributed by atoms with Gasteiger partial charge in [-0.25, -0.2) is 15.0 Å². The van der Waals surface area contributed by atoms with E-state index in [0.29, 0.717) is 23.0 Å². The lowest BCUT2D eigenvalue weighted by molar-refractivity contribution is 1.07. The fraction of sp³-hybridized carbons (Fsp3) is 0. The first-order chi connectivity index (χ1) is 28.7. The second-order valence-electron chi connectivity index (χ2n) is 14.6. The Hall–Kier alpha value is -8.00. The predicted molar refractivity (Wildman–Crippen MR) is 237 cm³/mol. The van der Waals surface area contributed by atoms with Crippen LogP contribution < -0.4 is 0 Å². The molecular formula is C54H32N4. The van der Waals surface area contributed by atoms with Gasteiger partial charge >= 0.3 is 0 Å². The number of aromatic nitrogens is 3. The SMILES string of the molecule is N#Cc1cccc(-c2ccc(-c3nc(-c4ccccc4)nc(-c4ccc5c(-c6ccccc6)c6c(c(-c7ccccc7)c5c4)-c4cccc5cccc-6c45)n3)cc2)c1. The summed E-state index contributed by atoms with van der Waals surface area (Å²) < 4.78 is 0. The molecule has 1 aliphatic carbocycles. The van der Waals surface area contributed by atoms with Crippen molar-refractivity contribution in [2.75, 3.05) is 0 Å².